The molecule has 3 rings (SSSR count). The lowest BCUT2D eigenvalue weighted by atomic mass is 9.99. The quantitative estimate of drug-likeness (QED) is 0.869. The zero-order valence-electron chi connectivity index (χ0n) is 15.0. The van der Waals surface area contributed by atoms with Crippen molar-refractivity contribution in [1.29, 1.82) is 0 Å². The Bertz CT molecular complexity index is 761. The first kappa shape index (κ1) is 18.0. The molecule has 1 aliphatic heterocycles. The Kier molecular flexibility index (Phi) is 5.89. The SMILES string of the molecule is C[C@@H](NC(=O)CCOc1ccccc1)C(=O)N1CCc2ccccc2C1. The Labute approximate surface area is 154 Å². The van der Waals surface area contributed by atoms with Crippen LogP contribution in [0.1, 0.15) is 24.5 Å². The predicted octanol–water partition coefficient (Wildman–Crippen LogP) is 2.55. The minimum atomic E-state index is -0.538. The largest absolute Gasteiger partial charge is 0.493 e. The number of nitrogens with one attached hydrogen (secondary N) is 1. The van der Waals surface area contributed by atoms with Crippen LogP contribution >= 0.6 is 0 Å². The fourth-order valence-corrected chi connectivity index (χ4v) is 3.11. The van der Waals surface area contributed by atoms with Crippen molar-refractivity contribution in [3.05, 3.63) is 65.7 Å². The Hall–Kier alpha value is -2.82. The summed E-state index contributed by atoms with van der Waals surface area (Å²) in [5, 5.41) is 2.78. The summed E-state index contributed by atoms with van der Waals surface area (Å²) in [5.74, 6) is 0.507. The third-order valence-corrected chi connectivity index (χ3v) is 4.53. The highest BCUT2D eigenvalue weighted by molar-refractivity contribution is 5.87. The fourth-order valence-electron chi connectivity index (χ4n) is 3.11. The topological polar surface area (TPSA) is 58.6 Å². The summed E-state index contributed by atoms with van der Waals surface area (Å²) in [6.45, 7) is 3.31. The number of carbonyl (C=O) groups is 2. The lowest BCUT2D eigenvalue weighted by Crippen LogP contribution is -2.48. The fraction of sp³-hybridized carbons (Fsp3) is 0.333. The van der Waals surface area contributed by atoms with Crippen molar-refractivity contribution in [3.8, 4) is 5.75 Å². The highest BCUT2D eigenvalue weighted by Crippen LogP contribution is 2.19. The minimum absolute atomic E-state index is 0.0446. The molecule has 2 aromatic rings. The normalized spacial score (nSPS) is 14.3. The van der Waals surface area contributed by atoms with E-state index < -0.39 is 6.04 Å². The average Bonchev–Trinajstić information content (AvgIpc) is 2.67. The predicted molar refractivity (Wildman–Crippen MR) is 99.7 cm³/mol. The van der Waals surface area contributed by atoms with E-state index in [-0.39, 0.29) is 24.8 Å². The van der Waals surface area contributed by atoms with Gasteiger partial charge >= 0.3 is 0 Å². The standard InChI is InChI=1S/C21H24N2O3/c1-16(22-20(24)12-14-26-19-9-3-2-4-10-19)21(25)23-13-11-17-7-5-6-8-18(17)15-23/h2-10,16H,11-15H2,1H3,(H,22,24)/t16-/m1/s1. The number of benzene rings is 2. The van der Waals surface area contributed by atoms with Crippen molar-refractivity contribution in [1.82, 2.24) is 10.2 Å². The number of carbonyl (C=O) groups excluding carboxylic acids is 2. The number of amides is 2. The van der Waals surface area contributed by atoms with E-state index in [0.717, 1.165) is 12.2 Å². The highest BCUT2D eigenvalue weighted by Gasteiger charge is 2.25. The molecule has 0 radical (unpaired) electrons. The second kappa shape index (κ2) is 8.52. The van der Waals surface area contributed by atoms with Crippen molar-refractivity contribution in [3.63, 3.8) is 0 Å². The van der Waals surface area contributed by atoms with Gasteiger partial charge in [-0.1, -0.05) is 42.5 Å². The molecule has 0 aromatic heterocycles. The van der Waals surface area contributed by atoms with E-state index in [4.69, 9.17) is 4.74 Å². The smallest absolute Gasteiger partial charge is 0.245 e. The molecule has 0 aliphatic carbocycles. The number of ether oxygens (including phenoxy) is 1. The van der Waals surface area contributed by atoms with Crippen LogP contribution in [0.2, 0.25) is 0 Å². The van der Waals surface area contributed by atoms with Crippen molar-refractivity contribution in [2.45, 2.75) is 32.4 Å². The third kappa shape index (κ3) is 4.63. The van der Waals surface area contributed by atoms with Crippen LogP contribution in [-0.2, 0) is 22.6 Å². The molecule has 1 atom stereocenters. The molecule has 0 spiro atoms. The molecule has 0 bridgehead atoms. The van der Waals surface area contributed by atoms with Crippen LogP contribution in [0.3, 0.4) is 0 Å². The van der Waals surface area contributed by atoms with Gasteiger partial charge in [-0.05, 0) is 36.6 Å². The molecule has 2 aromatic carbocycles. The van der Waals surface area contributed by atoms with E-state index >= 15 is 0 Å². The van der Waals surface area contributed by atoms with Gasteiger partial charge in [-0.25, -0.2) is 0 Å². The van der Waals surface area contributed by atoms with Crippen LogP contribution in [-0.4, -0.2) is 35.9 Å². The van der Waals surface area contributed by atoms with Gasteiger partial charge in [0, 0.05) is 13.1 Å². The van der Waals surface area contributed by atoms with E-state index in [1.54, 1.807) is 6.92 Å². The van der Waals surface area contributed by atoms with Gasteiger partial charge in [0.15, 0.2) is 0 Å². The molecule has 0 saturated heterocycles. The van der Waals surface area contributed by atoms with Crippen LogP contribution in [0.25, 0.3) is 0 Å². The maximum atomic E-state index is 12.6. The third-order valence-electron chi connectivity index (χ3n) is 4.53. The van der Waals surface area contributed by atoms with Crippen molar-refractivity contribution < 1.29 is 14.3 Å². The Morgan fingerprint density at radius 1 is 1.08 bits per heavy atom. The van der Waals surface area contributed by atoms with Gasteiger partial charge < -0.3 is 15.0 Å². The molecule has 136 valence electrons. The second-order valence-electron chi connectivity index (χ2n) is 6.48. The monoisotopic (exact) mass is 352 g/mol. The molecule has 0 saturated carbocycles. The van der Waals surface area contributed by atoms with Gasteiger partial charge in [-0.2, -0.15) is 0 Å². The summed E-state index contributed by atoms with van der Waals surface area (Å²) >= 11 is 0. The number of para-hydroxylation sites is 1. The summed E-state index contributed by atoms with van der Waals surface area (Å²) in [7, 11) is 0. The molecule has 26 heavy (non-hydrogen) atoms. The van der Waals surface area contributed by atoms with Crippen LogP contribution in [0.15, 0.2) is 54.6 Å². The van der Waals surface area contributed by atoms with Gasteiger partial charge in [0.05, 0.1) is 13.0 Å². The highest BCUT2D eigenvalue weighted by atomic mass is 16.5. The van der Waals surface area contributed by atoms with Crippen molar-refractivity contribution >= 4 is 11.8 Å². The van der Waals surface area contributed by atoms with Gasteiger partial charge in [0.2, 0.25) is 11.8 Å². The van der Waals surface area contributed by atoms with E-state index in [0.29, 0.717) is 13.1 Å². The number of nitrogens with zero attached hydrogens (tertiary/aromatic N) is 1. The van der Waals surface area contributed by atoms with Crippen molar-refractivity contribution in [2.75, 3.05) is 13.2 Å². The first-order valence-corrected chi connectivity index (χ1v) is 8.96. The number of hydrogen-bond acceptors (Lipinski definition) is 3. The molecule has 2 amide bonds. The number of hydrogen-bond donors (Lipinski definition) is 1. The zero-order chi connectivity index (χ0) is 18.4. The molecule has 1 aliphatic rings. The molecular formula is C21H24N2O3. The summed E-state index contributed by atoms with van der Waals surface area (Å²) in [6, 6.07) is 17.0. The molecule has 1 heterocycles. The average molecular weight is 352 g/mol. The second-order valence-corrected chi connectivity index (χ2v) is 6.48. The summed E-state index contributed by atoms with van der Waals surface area (Å²) in [4.78, 5) is 26.5. The zero-order valence-corrected chi connectivity index (χ0v) is 15.0. The van der Waals surface area contributed by atoms with Gasteiger partial charge in [0.25, 0.3) is 0 Å². The number of rotatable bonds is 6. The van der Waals surface area contributed by atoms with Crippen LogP contribution in [0.5, 0.6) is 5.75 Å². The van der Waals surface area contributed by atoms with Gasteiger partial charge in [0.1, 0.15) is 11.8 Å². The maximum absolute atomic E-state index is 12.6. The van der Waals surface area contributed by atoms with Crippen molar-refractivity contribution in [2.24, 2.45) is 0 Å². The lowest BCUT2D eigenvalue weighted by molar-refractivity contribution is -0.136. The lowest BCUT2D eigenvalue weighted by Gasteiger charge is -2.31. The Morgan fingerprint density at radius 2 is 1.77 bits per heavy atom. The van der Waals surface area contributed by atoms with Crippen LogP contribution in [0.4, 0.5) is 0 Å². The number of fused-ring (bicyclic) bond motifs is 1. The van der Waals surface area contributed by atoms with Crippen LogP contribution < -0.4 is 10.1 Å². The molecular weight excluding hydrogens is 328 g/mol. The summed E-state index contributed by atoms with van der Waals surface area (Å²) < 4.78 is 5.52. The van der Waals surface area contributed by atoms with Gasteiger partial charge in [-0.15, -0.1) is 0 Å². The molecule has 0 unspecified atom stereocenters. The van der Waals surface area contributed by atoms with E-state index in [9.17, 15) is 9.59 Å². The van der Waals surface area contributed by atoms with E-state index in [2.05, 4.69) is 17.4 Å². The molecule has 5 nitrogen and oxygen atoms in total. The molecule has 1 N–H and O–H groups in total. The van der Waals surface area contributed by atoms with Crippen LogP contribution in [0, 0.1) is 0 Å². The van der Waals surface area contributed by atoms with E-state index in [1.165, 1.54) is 11.1 Å². The minimum Gasteiger partial charge on any atom is -0.493 e. The van der Waals surface area contributed by atoms with Gasteiger partial charge in [-0.3, -0.25) is 9.59 Å². The first-order chi connectivity index (χ1) is 12.6. The molecule has 0 fully saturated rings. The van der Waals surface area contributed by atoms with E-state index in [1.807, 2.05) is 47.4 Å². The summed E-state index contributed by atoms with van der Waals surface area (Å²) in [6.07, 6.45) is 1.07. The Balaban J connectivity index is 1.44. The first-order valence-electron chi connectivity index (χ1n) is 8.96. The summed E-state index contributed by atoms with van der Waals surface area (Å²) in [5.41, 5.74) is 2.48. The molecule has 5 heteroatoms. The maximum Gasteiger partial charge on any atom is 0.245 e. The Morgan fingerprint density at radius 3 is 2.54 bits per heavy atom.